The Hall–Kier alpha value is -5.42. The summed E-state index contributed by atoms with van der Waals surface area (Å²) in [5.41, 5.74) is 2.02. The maximum atomic E-state index is 14.5. The van der Waals surface area contributed by atoms with Crippen molar-refractivity contribution in [2.45, 2.75) is 77.4 Å². The molecular formula is C44H44Cl4F2N10O4. The van der Waals surface area contributed by atoms with Crippen LogP contribution < -0.4 is 10.6 Å². The average molecular weight is 957 g/mol. The minimum atomic E-state index is -0.663. The van der Waals surface area contributed by atoms with Gasteiger partial charge in [-0.1, -0.05) is 46.4 Å². The first-order valence-electron chi connectivity index (χ1n) is 20.2. The maximum absolute atomic E-state index is 14.5. The smallest absolute Gasteiger partial charge is 0.410 e. The third kappa shape index (κ3) is 10.9. The van der Waals surface area contributed by atoms with Crippen molar-refractivity contribution in [1.29, 1.82) is 0 Å². The largest absolute Gasteiger partial charge is 0.444 e. The maximum Gasteiger partial charge on any atom is 0.410 e. The van der Waals surface area contributed by atoms with E-state index < -0.39 is 22.8 Å². The zero-order valence-corrected chi connectivity index (χ0v) is 38.7. The van der Waals surface area contributed by atoms with Crippen LogP contribution in [-0.2, 0) is 9.47 Å². The van der Waals surface area contributed by atoms with Crippen LogP contribution in [0.15, 0.2) is 61.4 Å². The van der Waals surface area contributed by atoms with Crippen molar-refractivity contribution in [3.05, 3.63) is 105 Å². The Balaban J connectivity index is 0.000000191. The highest BCUT2D eigenvalue weighted by Gasteiger charge is 2.33. The lowest BCUT2D eigenvalue weighted by atomic mass is 10.0. The monoisotopic (exact) mass is 954 g/mol. The van der Waals surface area contributed by atoms with E-state index in [0.717, 1.165) is 24.2 Å². The van der Waals surface area contributed by atoms with Gasteiger partial charge in [-0.05, 0) is 90.8 Å². The third-order valence-corrected chi connectivity index (χ3v) is 11.7. The van der Waals surface area contributed by atoms with E-state index in [-0.39, 0.29) is 55.5 Å². The van der Waals surface area contributed by atoms with E-state index in [1.54, 1.807) is 22.2 Å². The van der Waals surface area contributed by atoms with Crippen molar-refractivity contribution < 1.29 is 27.8 Å². The summed E-state index contributed by atoms with van der Waals surface area (Å²) in [4.78, 5) is 54.3. The summed E-state index contributed by atoms with van der Waals surface area (Å²) in [5.74, 6) is -0.410. The number of nitrogens with zero attached hydrogens (tertiary/aromatic N) is 8. The number of fused-ring (bicyclic) bond motifs is 2. The predicted molar refractivity (Wildman–Crippen MR) is 244 cm³/mol. The van der Waals surface area contributed by atoms with Gasteiger partial charge in [-0.2, -0.15) is 0 Å². The fourth-order valence-electron chi connectivity index (χ4n) is 7.08. The number of carbonyl (C=O) groups is 2. The number of halogens is 6. The number of likely N-dealkylation sites (tertiary alicyclic amines) is 2. The molecular weight excluding hydrogens is 912 g/mol. The molecule has 0 saturated carbocycles. The Kier molecular flexibility index (Phi) is 13.8. The molecule has 2 amide bonds. The zero-order valence-electron chi connectivity index (χ0n) is 35.6. The normalized spacial score (nSPS) is 16.4. The van der Waals surface area contributed by atoms with E-state index in [2.05, 4.69) is 40.5 Å². The van der Waals surface area contributed by atoms with E-state index in [1.165, 1.54) is 36.9 Å². The first-order chi connectivity index (χ1) is 30.2. The Bertz CT molecular complexity index is 2550. The lowest BCUT2D eigenvalue weighted by molar-refractivity contribution is 0.0282. The molecule has 336 valence electrons. The molecule has 64 heavy (non-hydrogen) atoms. The Labute approximate surface area is 388 Å². The minimum absolute atomic E-state index is 0.0432. The molecule has 2 atom stereocenters. The van der Waals surface area contributed by atoms with Gasteiger partial charge in [0.05, 0.1) is 54.9 Å². The zero-order chi connectivity index (χ0) is 46.1. The highest BCUT2D eigenvalue weighted by Crippen LogP contribution is 2.36. The number of hydrogen-bond acceptors (Lipinski definition) is 12. The van der Waals surface area contributed by atoms with Crippen molar-refractivity contribution >= 4 is 103 Å². The lowest BCUT2D eigenvalue weighted by Gasteiger charge is -2.24. The van der Waals surface area contributed by atoms with Gasteiger partial charge >= 0.3 is 12.2 Å². The minimum Gasteiger partial charge on any atom is -0.444 e. The summed E-state index contributed by atoms with van der Waals surface area (Å²) in [7, 11) is 0. The first kappa shape index (κ1) is 46.6. The van der Waals surface area contributed by atoms with Crippen molar-refractivity contribution in [1.82, 2.24) is 39.7 Å². The molecule has 1 unspecified atom stereocenters. The second-order valence-corrected chi connectivity index (χ2v) is 18.8. The highest BCUT2D eigenvalue weighted by molar-refractivity contribution is 6.42. The van der Waals surface area contributed by atoms with Crippen LogP contribution in [0.4, 0.5) is 41.4 Å². The van der Waals surface area contributed by atoms with E-state index in [1.807, 2.05) is 53.7 Å². The summed E-state index contributed by atoms with van der Waals surface area (Å²) in [6, 6.07) is 9.75. The number of rotatable bonds is 6. The van der Waals surface area contributed by atoms with Gasteiger partial charge in [0.1, 0.15) is 35.5 Å². The van der Waals surface area contributed by atoms with Gasteiger partial charge < -0.3 is 29.9 Å². The summed E-state index contributed by atoms with van der Waals surface area (Å²) in [5, 5.41) is 7.24. The summed E-state index contributed by atoms with van der Waals surface area (Å²) >= 11 is 23.6. The third-order valence-electron chi connectivity index (χ3n) is 10.2. The van der Waals surface area contributed by atoms with Gasteiger partial charge in [0.25, 0.3) is 0 Å². The molecule has 14 nitrogen and oxygen atoms in total. The number of nitrogens with one attached hydrogen (secondary N) is 2. The van der Waals surface area contributed by atoms with Gasteiger partial charge in [0.15, 0.2) is 11.6 Å². The molecule has 2 aliphatic rings. The highest BCUT2D eigenvalue weighted by atomic mass is 35.5. The number of hydrogen-bond donors (Lipinski definition) is 2. The molecule has 20 heteroatoms. The number of carbonyl (C=O) groups excluding carboxylic acids is 2. The first-order valence-corrected chi connectivity index (χ1v) is 21.7. The number of aromatic nitrogens is 6. The number of benzene rings is 2. The number of ether oxygens (including phenoxy) is 2. The molecule has 2 aliphatic heterocycles. The average Bonchev–Trinajstić information content (AvgIpc) is 3.95. The standard InChI is InChI=1S/2C22H22Cl2FN5O2/c2*1-22(2,3)32-21(31)30-7-6-12(10-30)16-8-13-17(9-26-16)27-11-28-20(13)29-15-5-4-14(23)18(24)19(15)25/h2*4-5,8-9,11-12H,6-7,10H2,1-3H3,(H,27,28,29)/t12-;/m0./s1. The Morgan fingerprint density at radius 2 is 1.02 bits per heavy atom. The van der Waals surface area contributed by atoms with E-state index in [0.29, 0.717) is 59.6 Å². The number of amides is 2. The van der Waals surface area contributed by atoms with Crippen LogP contribution in [0.25, 0.3) is 21.8 Å². The van der Waals surface area contributed by atoms with Crippen LogP contribution in [0.3, 0.4) is 0 Å². The van der Waals surface area contributed by atoms with Gasteiger partial charge in [0, 0.05) is 60.2 Å². The Morgan fingerprint density at radius 3 is 1.39 bits per heavy atom. The van der Waals surface area contributed by atoms with Crippen molar-refractivity contribution in [2.75, 3.05) is 36.8 Å². The SMILES string of the molecule is CC(C)(C)OC(=O)N1CCC(c2cc3c(Nc4ccc(Cl)c(Cl)c4F)ncnc3cn2)C1.CC(C)(C)OC(=O)N1CC[C@H](c2cc3c(Nc4ccc(Cl)c(Cl)c4F)ncnc3cn2)C1. The van der Waals surface area contributed by atoms with Gasteiger partial charge in [-0.25, -0.2) is 38.3 Å². The topological polar surface area (TPSA) is 160 Å². The van der Waals surface area contributed by atoms with Crippen LogP contribution in [0.1, 0.15) is 77.6 Å². The van der Waals surface area contributed by atoms with Crippen molar-refractivity contribution in [2.24, 2.45) is 0 Å². The van der Waals surface area contributed by atoms with Crippen LogP contribution in [-0.4, -0.2) is 89.3 Å². The van der Waals surface area contributed by atoms with Crippen LogP contribution in [0, 0.1) is 11.6 Å². The van der Waals surface area contributed by atoms with E-state index in [4.69, 9.17) is 55.9 Å². The summed E-state index contributed by atoms with van der Waals surface area (Å²) in [6.45, 7) is 13.2. The second-order valence-electron chi connectivity index (χ2n) is 17.2. The molecule has 6 heterocycles. The van der Waals surface area contributed by atoms with Gasteiger partial charge in [-0.3, -0.25) is 9.97 Å². The molecule has 0 radical (unpaired) electrons. The molecule has 2 N–H and O–H groups in total. The fraction of sp³-hybridized carbons (Fsp3) is 0.364. The Morgan fingerprint density at radius 1 is 0.625 bits per heavy atom. The molecule has 2 aromatic carbocycles. The van der Waals surface area contributed by atoms with Crippen LogP contribution in [0.5, 0.6) is 0 Å². The van der Waals surface area contributed by atoms with E-state index >= 15 is 0 Å². The number of anilines is 4. The van der Waals surface area contributed by atoms with Crippen LogP contribution >= 0.6 is 46.4 Å². The lowest BCUT2D eigenvalue weighted by Crippen LogP contribution is -2.35. The molecule has 2 saturated heterocycles. The van der Waals surface area contributed by atoms with Crippen molar-refractivity contribution in [3.63, 3.8) is 0 Å². The van der Waals surface area contributed by atoms with E-state index in [9.17, 15) is 18.4 Å². The molecule has 0 aliphatic carbocycles. The van der Waals surface area contributed by atoms with Gasteiger partial charge in [0.2, 0.25) is 0 Å². The molecule has 0 spiro atoms. The molecule has 0 bridgehead atoms. The molecule has 6 aromatic rings. The summed E-state index contributed by atoms with van der Waals surface area (Å²) < 4.78 is 40.0. The van der Waals surface area contributed by atoms with Crippen molar-refractivity contribution in [3.8, 4) is 0 Å². The summed E-state index contributed by atoms with van der Waals surface area (Å²) in [6.07, 6.45) is 6.91. The molecule has 4 aromatic heterocycles. The fourth-order valence-corrected chi connectivity index (χ4v) is 7.71. The quantitative estimate of drug-likeness (QED) is 0.152. The predicted octanol–water partition coefficient (Wildman–Crippen LogP) is 11.9. The van der Waals surface area contributed by atoms with Crippen LogP contribution in [0.2, 0.25) is 20.1 Å². The number of pyridine rings is 2. The second kappa shape index (κ2) is 19.0. The molecule has 2 fully saturated rings. The van der Waals surface area contributed by atoms with Gasteiger partial charge in [-0.15, -0.1) is 0 Å². The molecule has 8 rings (SSSR count).